The van der Waals surface area contributed by atoms with E-state index in [0.717, 1.165) is 17.0 Å². The largest absolute Gasteiger partial charge is 0.483 e. The van der Waals surface area contributed by atoms with Gasteiger partial charge in [-0.25, -0.2) is 0 Å². The van der Waals surface area contributed by atoms with Crippen LogP contribution in [0, 0.1) is 11.8 Å². The molecule has 0 spiro atoms. The van der Waals surface area contributed by atoms with Crippen LogP contribution in [0.15, 0.2) is 66.7 Å². The Bertz CT molecular complexity index is 805. The van der Waals surface area contributed by atoms with Gasteiger partial charge in [-0.15, -0.1) is 0 Å². The zero-order chi connectivity index (χ0) is 18.4. The average Bonchev–Trinajstić information content (AvgIpc) is 2.68. The van der Waals surface area contributed by atoms with Gasteiger partial charge < -0.3 is 19.5 Å². The molecule has 0 saturated carbocycles. The lowest BCUT2D eigenvalue weighted by Gasteiger charge is -2.30. The van der Waals surface area contributed by atoms with Gasteiger partial charge in [0.05, 0.1) is 6.61 Å². The molecule has 0 amide bonds. The molecule has 0 aromatic heterocycles. The van der Waals surface area contributed by atoms with Gasteiger partial charge in [0.1, 0.15) is 24.1 Å². The monoisotopic (exact) mass is 349 g/mol. The van der Waals surface area contributed by atoms with E-state index in [1.807, 2.05) is 85.7 Å². The summed E-state index contributed by atoms with van der Waals surface area (Å²) in [5, 5.41) is 9.69. The highest BCUT2D eigenvalue weighted by Gasteiger charge is 2.27. The lowest BCUT2D eigenvalue weighted by Crippen LogP contribution is -2.40. The Hall–Kier alpha value is -2.74. The van der Waals surface area contributed by atoms with Crippen LogP contribution in [-0.2, 0) is 4.74 Å². The molecule has 0 bridgehead atoms. The predicted octanol–water partition coefficient (Wildman–Crippen LogP) is 2.87. The first kappa shape index (κ1) is 18.1. The van der Waals surface area contributed by atoms with Crippen LogP contribution in [0.1, 0.15) is 5.56 Å². The number of benzene rings is 2. The van der Waals surface area contributed by atoms with Crippen molar-refractivity contribution < 1.29 is 14.6 Å². The van der Waals surface area contributed by atoms with Gasteiger partial charge in [0, 0.05) is 31.4 Å². The third kappa shape index (κ3) is 4.66. The maximum Gasteiger partial charge on any atom is 0.145 e. The van der Waals surface area contributed by atoms with Gasteiger partial charge in [0.2, 0.25) is 0 Å². The van der Waals surface area contributed by atoms with E-state index < -0.39 is 6.10 Å². The molecule has 2 aromatic carbocycles. The summed E-state index contributed by atoms with van der Waals surface area (Å²) < 4.78 is 11.9. The SMILES string of the molecule is CN(C)c1cccc(O[C@H]2C=C[C@@H](C#Cc3ccccc3)O[C@@H]2CO)c1. The number of aliphatic hydroxyl groups excluding tert-OH is 1. The van der Waals surface area contributed by atoms with Crippen molar-refractivity contribution in [2.75, 3.05) is 25.6 Å². The minimum Gasteiger partial charge on any atom is -0.483 e. The maximum absolute atomic E-state index is 9.69. The molecule has 0 unspecified atom stereocenters. The van der Waals surface area contributed by atoms with E-state index in [1.165, 1.54) is 0 Å². The summed E-state index contributed by atoms with van der Waals surface area (Å²) in [6.07, 6.45) is 2.62. The fourth-order valence-electron chi connectivity index (χ4n) is 2.66. The van der Waals surface area contributed by atoms with Crippen LogP contribution in [0.5, 0.6) is 5.75 Å². The van der Waals surface area contributed by atoms with E-state index in [-0.39, 0.29) is 18.8 Å². The molecule has 1 heterocycles. The fourth-order valence-corrected chi connectivity index (χ4v) is 2.66. The molecule has 1 aliphatic rings. The van der Waals surface area contributed by atoms with Gasteiger partial charge in [0.15, 0.2) is 0 Å². The molecule has 26 heavy (non-hydrogen) atoms. The van der Waals surface area contributed by atoms with E-state index in [9.17, 15) is 5.11 Å². The molecular weight excluding hydrogens is 326 g/mol. The van der Waals surface area contributed by atoms with Gasteiger partial charge in [0.25, 0.3) is 0 Å². The first-order valence-electron chi connectivity index (χ1n) is 8.61. The molecule has 2 aromatic rings. The van der Waals surface area contributed by atoms with E-state index >= 15 is 0 Å². The van der Waals surface area contributed by atoms with Crippen LogP contribution < -0.4 is 9.64 Å². The van der Waals surface area contributed by atoms with Crippen molar-refractivity contribution in [1.29, 1.82) is 0 Å². The quantitative estimate of drug-likeness (QED) is 0.681. The molecule has 4 heteroatoms. The second-order valence-electron chi connectivity index (χ2n) is 6.27. The van der Waals surface area contributed by atoms with Gasteiger partial charge in [-0.1, -0.05) is 36.1 Å². The van der Waals surface area contributed by atoms with E-state index in [4.69, 9.17) is 9.47 Å². The number of ether oxygens (including phenoxy) is 2. The number of hydrogen-bond donors (Lipinski definition) is 1. The summed E-state index contributed by atoms with van der Waals surface area (Å²) in [7, 11) is 3.96. The van der Waals surface area contributed by atoms with Crippen molar-refractivity contribution in [2.45, 2.75) is 18.3 Å². The van der Waals surface area contributed by atoms with E-state index in [1.54, 1.807) is 0 Å². The van der Waals surface area contributed by atoms with Crippen molar-refractivity contribution in [3.05, 3.63) is 72.3 Å². The van der Waals surface area contributed by atoms with Crippen LogP contribution in [-0.4, -0.2) is 44.1 Å². The molecule has 0 aliphatic carbocycles. The highest BCUT2D eigenvalue weighted by atomic mass is 16.6. The molecule has 0 fully saturated rings. The molecule has 4 nitrogen and oxygen atoms in total. The predicted molar refractivity (Wildman–Crippen MR) is 103 cm³/mol. The first-order chi connectivity index (χ1) is 12.7. The van der Waals surface area contributed by atoms with Gasteiger partial charge >= 0.3 is 0 Å². The Morgan fingerprint density at radius 1 is 1.08 bits per heavy atom. The highest BCUT2D eigenvalue weighted by molar-refractivity contribution is 5.49. The van der Waals surface area contributed by atoms with Crippen LogP contribution in [0.2, 0.25) is 0 Å². The lowest BCUT2D eigenvalue weighted by atomic mass is 10.1. The Morgan fingerprint density at radius 3 is 2.62 bits per heavy atom. The summed E-state index contributed by atoms with van der Waals surface area (Å²) in [5.74, 6) is 6.91. The topological polar surface area (TPSA) is 41.9 Å². The second kappa shape index (κ2) is 8.57. The number of aliphatic hydroxyl groups is 1. The Labute approximate surface area is 154 Å². The number of hydrogen-bond acceptors (Lipinski definition) is 4. The smallest absolute Gasteiger partial charge is 0.145 e. The first-order valence-corrected chi connectivity index (χ1v) is 8.61. The number of nitrogens with zero attached hydrogens (tertiary/aromatic N) is 1. The maximum atomic E-state index is 9.69. The average molecular weight is 349 g/mol. The summed E-state index contributed by atoms with van der Waals surface area (Å²) in [5.41, 5.74) is 1.99. The van der Waals surface area contributed by atoms with E-state index in [0.29, 0.717) is 0 Å². The Kier molecular flexibility index (Phi) is 5.96. The van der Waals surface area contributed by atoms with Crippen LogP contribution in [0.3, 0.4) is 0 Å². The highest BCUT2D eigenvalue weighted by Crippen LogP contribution is 2.23. The molecule has 1 N–H and O–H groups in total. The van der Waals surface area contributed by atoms with Gasteiger partial charge in [-0.2, -0.15) is 0 Å². The van der Waals surface area contributed by atoms with Crippen LogP contribution >= 0.6 is 0 Å². The summed E-state index contributed by atoms with van der Waals surface area (Å²) >= 11 is 0. The summed E-state index contributed by atoms with van der Waals surface area (Å²) in [4.78, 5) is 2.01. The van der Waals surface area contributed by atoms with Crippen molar-refractivity contribution >= 4 is 5.69 Å². The Balaban J connectivity index is 1.70. The number of anilines is 1. The third-order valence-electron chi connectivity index (χ3n) is 4.08. The van der Waals surface area contributed by atoms with Crippen molar-refractivity contribution in [3.63, 3.8) is 0 Å². The van der Waals surface area contributed by atoms with E-state index in [2.05, 4.69) is 11.8 Å². The zero-order valence-corrected chi connectivity index (χ0v) is 15.0. The zero-order valence-electron chi connectivity index (χ0n) is 15.0. The standard InChI is InChI=1S/C22H23NO3/c1-23(2)18-9-6-10-20(15-18)26-21-14-13-19(25-22(21)16-24)12-11-17-7-4-3-5-8-17/h3-10,13-15,19,21-22,24H,16H2,1-2H3/t19-,21+,22-/m1/s1. The molecule has 0 radical (unpaired) electrons. The molecule has 134 valence electrons. The van der Waals surface area contributed by atoms with Crippen LogP contribution in [0.25, 0.3) is 0 Å². The fraction of sp³-hybridized carbons (Fsp3) is 0.273. The Morgan fingerprint density at radius 2 is 1.88 bits per heavy atom. The molecule has 0 saturated heterocycles. The molecule has 3 atom stereocenters. The van der Waals surface area contributed by atoms with Gasteiger partial charge in [-0.3, -0.25) is 0 Å². The van der Waals surface area contributed by atoms with Crippen LogP contribution in [0.4, 0.5) is 5.69 Å². The minimum atomic E-state index is -0.460. The lowest BCUT2D eigenvalue weighted by molar-refractivity contribution is -0.0548. The van der Waals surface area contributed by atoms with Gasteiger partial charge in [-0.05, 0) is 36.4 Å². The summed E-state index contributed by atoms with van der Waals surface area (Å²) in [6.45, 7) is -0.133. The summed E-state index contributed by atoms with van der Waals surface area (Å²) in [6, 6.07) is 17.6. The normalized spacial score (nSPS) is 21.6. The molecule has 3 rings (SSSR count). The number of rotatable bonds is 4. The second-order valence-corrected chi connectivity index (χ2v) is 6.27. The third-order valence-corrected chi connectivity index (χ3v) is 4.08. The van der Waals surface area contributed by atoms with Crippen molar-refractivity contribution in [3.8, 4) is 17.6 Å². The van der Waals surface area contributed by atoms with Crippen molar-refractivity contribution in [2.24, 2.45) is 0 Å². The molecular formula is C22H23NO3. The minimum absolute atomic E-state index is 0.133. The van der Waals surface area contributed by atoms with Crippen molar-refractivity contribution in [1.82, 2.24) is 0 Å². The molecule has 1 aliphatic heterocycles.